The van der Waals surface area contributed by atoms with E-state index in [0.717, 1.165) is 30.4 Å². The number of hydrogen-bond donors (Lipinski definition) is 0. The van der Waals surface area contributed by atoms with Crippen LogP contribution < -0.4 is 0 Å². The van der Waals surface area contributed by atoms with Gasteiger partial charge in [-0.25, -0.2) is 0 Å². The van der Waals surface area contributed by atoms with E-state index in [1.54, 1.807) is 0 Å². The average Bonchev–Trinajstić information content (AvgIpc) is 2.12. The summed E-state index contributed by atoms with van der Waals surface area (Å²) in [5, 5.41) is 0. The molecule has 2 aliphatic rings. The maximum atomic E-state index is 11.8. The summed E-state index contributed by atoms with van der Waals surface area (Å²) in [5.74, 6) is 0.386. The van der Waals surface area contributed by atoms with Crippen LogP contribution in [0.5, 0.6) is 0 Å². The number of Topliss-reactive ketones (excluding diaryl/α,β-unsaturated/α-hetero) is 2. The van der Waals surface area contributed by atoms with Crippen LogP contribution in [0.2, 0.25) is 0 Å². The number of ketones is 2. The van der Waals surface area contributed by atoms with Gasteiger partial charge in [0.15, 0.2) is 11.6 Å². The summed E-state index contributed by atoms with van der Waals surface area (Å²) >= 11 is 0. The van der Waals surface area contributed by atoms with E-state index < -0.39 is 0 Å². The Balaban J connectivity index is 2.52. The molecule has 0 heterocycles. The largest absolute Gasteiger partial charge is 0.295 e. The molecule has 0 radical (unpaired) electrons. The number of carbonyl (C=O) groups is 2. The summed E-state index contributed by atoms with van der Waals surface area (Å²) in [4.78, 5) is 23.3. The van der Waals surface area contributed by atoms with Crippen LogP contribution in [0.4, 0.5) is 0 Å². The zero-order valence-corrected chi connectivity index (χ0v) is 8.85. The van der Waals surface area contributed by atoms with Crippen molar-refractivity contribution in [3.05, 3.63) is 11.1 Å². The Kier molecular flexibility index (Phi) is 2.09. The van der Waals surface area contributed by atoms with Gasteiger partial charge in [-0.2, -0.15) is 0 Å². The minimum absolute atomic E-state index is 0.00727. The lowest BCUT2D eigenvalue weighted by molar-refractivity contribution is -0.122. The van der Waals surface area contributed by atoms with E-state index in [9.17, 15) is 9.59 Å². The van der Waals surface area contributed by atoms with Gasteiger partial charge in [0, 0.05) is 18.4 Å². The molecule has 1 unspecified atom stereocenters. The molecule has 2 nitrogen and oxygen atoms in total. The lowest BCUT2D eigenvalue weighted by Crippen LogP contribution is -2.35. The van der Waals surface area contributed by atoms with Gasteiger partial charge < -0.3 is 0 Å². The molecule has 0 aromatic carbocycles. The SMILES string of the molecule is CC1=C2C(=O)CCCC2(C)CCC1=O. The van der Waals surface area contributed by atoms with E-state index in [-0.39, 0.29) is 17.0 Å². The molecule has 0 N–H and O–H groups in total. The Morgan fingerprint density at radius 3 is 2.50 bits per heavy atom. The van der Waals surface area contributed by atoms with Crippen LogP contribution in [0.15, 0.2) is 11.1 Å². The van der Waals surface area contributed by atoms with Crippen LogP contribution >= 0.6 is 0 Å². The monoisotopic (exact) mass is 192 g/mol. The Morgan fingerprint density at radius 2 is 1.79 bits per heavy atom. The Labute approximate surface area is 84.4 Å². The van der Waals surface area contributed by atoms with Crippen LogP contribution in [0.1, 0.15) is 46.0 Å². The van der Waals surface area contributed by atoms with Crippen molar-refractivity contribution in [2.75, 3.05) is 0 Å². The van der Waals surface area contributed by atoms with Gasteiger partial charge in [0.1, 0.15) is 0 Å². The van der Waals surface area contributed by atoms with Crippen LogP contribution in [0.25, 0.3) is 0 Å². The fourth-order valence-corrected chi connectivity index (χ4v) is 2.85. The number of carbonyl (C=O) groups excluding carboxylic acids is 2. The first-order valence-electron chi connectivity index (χ1n) is 5.32. The molecule has 0 aromatic heterocycles. The first-order valence-corrected chi connectivity index (χ1v) is 5.32. The second-order valence-corrected chi connectivity index (χ2v) is 4.76. The van der Waals surface area contributed by atoms with E-state index in [1.807, 2.05) is 6.92 Å². The molecule has 2 rings (SSSR count). The predicted octanol–water partition coefficient (Wildman–Crippen LogP) is 2.43. The highest BCUT2D eigenvalue weighted by molar-refractivity contribution is 6.08. The molecule has 2 heteroatoms. The second kappa shape index (κ2) is 3.04. The van der Waals surface area contributed by atoms with E-state index in [4.69, 9.17) is 0 Å². The number of rotatable bonds is 0. The number of allylic oxidation sites excluding steroid dienone is 2. The summed E-state index contributed by atoms with van der Waals surface area (Å²) in [5.41, 5.74) is 1.59. The number of hydrogen-bond acceptors (Lipinski definition) is 2. The summed E-state index contributed by atoms with van der Waals surface area (Å²) in [6.07, 6.45) is 4.18. The lowest BCUT2D eigenvalue weighted by atomic mass is 9.63. The third-order valence-corrected chi connectivity index (χ3v) is 3.71. The minimum Gasteiger partial charge on any atom is -0.295 e. The van der Waals surface area contributed by atoms with E-state index in [0.29, 0.717) is 12.8 Å². The molecule has 0 spiro atoms. The van der Waals surface area contributed by atoms with Crippen molar-refractivity contribution in [1.82, 2.24) is 0 Å². The fraction of sp³-hybridized carbons (Fsp3) is 0.667. The van der Waals surface area contributed by atoms with Gasteiger partial charge in [0.2, 0.25) is 0 Å². The highest BCUT2D eigenvalue weighted by Gasteiger charge is 2.41. The molecule has 2 aliphatic carbocycles. The Morgan fingerprint density at radius 1 is 1.07 bits per heavy atom. The van der Waals surface area contributed by atoms with E-state index in [2.05, 4.69) is 6.92 Å². The molecular formula is C12H16O2. The third kappa shape index (κ3) is 1.24. The van der Waals surface area contributed by atoms with Crippen molar-refractivity contribution < 1.29 is 9.59 Å². The summed E-state index contributed by atoms with van der Waals surface area (Å²) in [6.45, 7) is 3.95. The van der Waals surface area contributed by atoms with E-state index >= 15 is 0 Å². The van der Waals surface area contributed by atoms with Crippen LogP contribution in [-0.2, 0) is 9.59 Å². The zero-order chi connectivity index (χ0) is 10.3. The van der Waals surface area contributed by atoms with Crippen molar-refractivity contribution in [2.24, 2.45) is 5.41 Å². The first-order chi connectivity index (χ1) is 6.54. The standard InChI is InChI=1S/C12H16O2/c1-8-9(13)5-7-12(2)6-3-4-10(14)11(8)12/h3-7H2,1-2H3. The highest BCUT2D eigenvalue weighted by atomic mass is 16.1. The molecule has 1 saturated carbocycles. The average molecular weight is 192 g/mol. The Bertz CT molecular complexity index is 338. The van der Waals surface area contributed by atoms with Crippen molar-refractivity contribution >= 4 is 11.6 Å². The quantitative estimate of drug-likeness (QED) is 0.590. The highest BCUT2D eigenvalue weighted by Crippen LogP contribution is 2.46. The van der Waals surface area contributed by atoms with Gasteiger partial charge in [0.25, 0.3) is 0 Å². The maximum Gasteiger partial charge on any atom is 0.159 e. The molecule has 0 amide bonds. The van der Waals surface area contributed by atoms with Crippen LogP contribution in [-0.4, -0.2) is 11.6 Å². The van der Waals surface area contributed by atoms with Gasteiger partial charge in [-0.3, -0.25) is 9.59 Å². The molecule has 0 saturated heterocycles. The topological polar surface area (TPSA) is 34.1 Å². The molecule has 14 heavy (non-hydrogen) atoms. The molecule has 0 bridgehead atoms. The van der Waals surface area contributed by atoms with Gasteiger partial charge >= 0.3 is 0 Å². The normalized spacial score (nSPS) is 33.3. The van der Waals surface area contributed by atoms with Gasteiger partial charge in [0.05, 0.1) is 0 Å². The minimum atomic E-state index is 0.00727. The third-order valence-electron chi connectivity index (χ3n) is 3.71. The zero-order valence-electron chi connectivity index (χ0n) is 8.85. The van der Waals surface area contributed by atoms with Gasteiger partial charge in [-0.05, 0) is 37.2 Å². The summed E-state index contributed by atoms with van der Waals surface area (Å²) in [6, 6.07) is 0. The van der Waals surface area contributed by atoms with E-state index in [1.165, 1.54) is 0 Å². The summed E-state index contributed by atoms with van der Waals surface area (Å²) in [7, 11) is 0. The molecule has 0 aliphatic heterocycles. The summed E-state index contributed by atoms with van der Waals surface area (Å²) < 4.78 is 0. The Hall–Kier alpha value is -0.920. The van der Waals surface area contributed by atoms with Crippen molar-refractivity contribution in [3.63, 3.8) is 0 Å². The lowest BCUT2D eigenvalue weighted by Gasteiger charge is -2.39. The predicted molar refractivity (Wildman–Crippen MR) is 53.9 cm³/mol. The molecule has 76 valence electrons. The van der Waals surface area contributed by atoms with Crippen molar-refractivity contribution in [3.8, 4) is 0 Å². The molecule has 0 aromatic rings. The molecular weight excluding hydrogens is 176 g/mol. The molecule has 1 atom stereocenters. The van der Waals surface area contributed by atoms with Crippen LogP contribution in [0.3, 0.4) is 0 Å². The maximum absolute atomic E-state index is 11.8. The van der Waals surface area contributed by atoms with Crippen molar-refractivity contribution in [1.29, 1.82) is 0 Å². The van der Waals surface area contributed by atoms with Gasteiger partial charge in [-0.15, -0.1) is 0 Å². The molecule has 1 fully saturated rings. The first kappa shape index (κ1) is 9.63. The number of fused-ring (bicyclic) bond motifs is 1. The van der Waals surface area contributed by atoms with Gasteiger partial charge in [-0.1, -0.05) is 6.92 Å². The second-order valence-electron chi connectivity index (χ2n) is 4.76. The smallest absolute Gasteiger partial charge is 0.159 e. The van der Waals surface area contributed by atoms with Crippen LogP contribution in [0, 0.1) is 5.41 Å². The fourth-order valence-electron chi connectivity index (χ4n) is 2.85. The van der Waals surface area contributed by atoms with Crippen molar-refractivity contribution in [2.45, 2.75) is 46.0 Å².